The Morgan fingerprint density at radius 3 is 2.22 bits per heavy atom. The van der Waals surface area contributed by atoms with E-state index in [1.54, 1.807) is 10.6 Å². The number of carbonyl (C=O) groups excluding carboxylic acids is 1. The number of imidazole rings is 1. The van der Waals surface area contributed by atoms with Gasteiger partial charge in [-0.1, -0.05) is 56.3 Å². The van der Waals surface area contributed by atoms with Crippen molar-refractivity contribution in [3.63, 3.8) is 0 Å². The van der Waals surface area contributed by atoms with E-state index in [1.165, 1.54) is 13.0 Å². The van der Waals surface area contributed by atoms with E-state index < -0.39 is 10.0 Å². The van der Waals surface area contributed by atoms with Gasteiger partial charge in [0.1, 0.15) is 5.75 Å². The molecule has 0 amide bonds. The lowest BCUT2D eigenvalue weighted by atomic mass is 9.97. The molecular formula is C27H30N4O4S. The number of benzene rings is 3. The number of sulfonamides is 1. The van der Waals surface area contributed by atoms with Crippen LogP contribution in [0.5, 0.6) is 5.75 Å². The van der Waals surface area contributed by atoms with E-state index in [-0.39, 0.29) is 46.6 Å². The van der Waals surface area contributed by atoms with Gasteiger partial charge in [0.05, 0.1) is 35.6 Å². The second-order valence-corrected chi connectivity index (χ2v) is 11.0. The van der Waals surface area contributed by atoms with Gasteiger partial charge in [0.15, 0.2) is 5.78 Å². The fraction of sp³-hybridized carbons (Fsp3) is 0.259. The number of hydrogen-bond acceptors (Lipinski definition) is 5. The first-order valence-corrected chi connectivity index (χ1v) is 13.4. The first-order valence-electron chi connectivity index (χ1n) is 11.8. The number of phenols is 1. The number of Topliss-reactive ketones (excluding diaryl/α,β-unsaturated/α-hetero) is 1. The summed E-state index contributed by atoms with van der Waals surface area (Å²) in [4.78, 5) is 13.5. The smallest absolute Gasteiger partial charge is 0.232 e. The molecule has 188 valence electrons. The molecule has 9 heteroatoms. The van der Waals surface area contributed by atoms with Crippen LogP contribution in [0.1, 0.15) is 48.2 Å². The van der Waals surface area contributed by atoms with Crippen LogP contribution in [-0.2, 0) is 23.1 Å². The van der Waals surface area contributed by atoms with Gasteiger partial charge in [-0.2, -0.15) is 0 Å². The number of anilines is 1. The number of fused-ring (bicyclic) bond motifs is 1. The Labute approximate surface area is 210 Å². The number of rotatable bonds is 9. The molecule has 0 saturated heterocycles. The van der Waals surface area contributed by atoms with E-state index in [1.807, 2.05) is 73.0 Å². The van der Waals surface area contributed by atoms with E-state index in [4.69, 9.17) is 5.41 Å². The molecule has 0 aliphatic rings. The van der Waals surface area contributed by atoms with E-state index in [0.29, 0.717) is 12.1 Å². The largest absolute Gasteiger partial charge is 0.505 e. The Balaban J connectivity index is 1.76. The molecule has 0 aliphatic carbocycles. The van der Waals surface area contributed by atoms with Crippen molar-refractivity contribution in [2.45, 2.75) is 39.8 Å². The Morgan fingerprint density at radius 1 is 1.00 bits per heavy atom. The molecule has 3 aromatic carbocycles. The zero-order valence-electron chi connectivity index (χ0n) is 20.5. The maximum atomic E-state index is 13.5. The molecule has 0 atom stereocenters. The lowest BCUT2D eigenvalue weighted by molar-refractivity contribution is 0.0971. The fourth-order valence-electron chi connectivity index (χ4n) is 4.19. The van der Waals surface area contributed by atoms with Crippen LogP contribution >= 0.6 is 0 Å². The Morgan fingerprint density at radius 2 is 1.61 bits per heavy atom. The Kier molecular flexibility index (Phi) is 7.03. The van der Waals surface area contributed by atoms with Crippen molar-refractivity contribution in [1.29, 1.82) is 5.41 Å². The van der Waals surface area contributed by atoms with E-state index >= 15 is 0 Å². The minimum absolute atomic E-state index is 0.0194. The maximum Gasteiger partial charge on any atom is 0.232 e. The highest BCUT2D eigenvalue weighted by molar-refractivity contribution is 7.92. The number of para-hydroxylation sites is 2. The number of aromatic hydroxyl groups is 1. The topological polar surface area (TPSA) is 117 Å². The van der Waals surface area contributed by atoms with Crippen molar-refractivity contribution in [1.82, 2.24) is 9.13 Å². The average molecular weight is 507 g/mol. The molecule has 0 spiro atoms. The van der Waals surface area contributed by atoms with Gasteiger partial charge >= 0.3 is 0 Å². The molecule has 1 heterocycles. The summed E-state index contributed by atoms with van der Waals surface area (Å²) in [7, 11) is -3.66. The van der Waals surface area contributed by atoms with E-state index in [9.17, 15) is 18.3 Å². The summed E-state index contributed by atoms with van der Waals surface area (Å²) in [5, 5.41) is 19.5. The van der Waals surface area contributed by atoms with Gasteiger partial charge in [-0.05, 0) is 48.2 Å². The number of nitrogens with one attached hydrogen (secondary N) is 2. The zero-order valence-corrected chi connectivity index (χ0v) is 21.3. The number of phenolic OH excluding ortho intramolecular Hbond substituents is 1. The molecule has 0 aliphatic heterocycles. The average Bonchev–Trinajstić information content (AvgIpc) is 3.11. The molecule has 0 saturated carbocycles. The highest BCUT2D eigenvalue weighted by Gasteiger charge is 2.21. The highest BCUT2D eigenvalue weighted by atomic mass is 32.2. The first-order chi connectivity index (χ1) is 17.1. The lowest BCUT2D eigenvalue weighted by Crippen LogP contribution is -2.27. The third-order valence-electron chi connectivity index (χ3n) is 6.19. The normalized spacial score (nSPS) is 11.8. The van der Waals surface area contributed by atoms with Crippen molar-refractivity contribution in [3.05, 3.63) is 89.0 Å². The molecule has 0 bridgehead atoms. The maximum absolute atomic E-state index is 13.5. The summed E-state index contributed by atoms with van der Waals surface area (Å²) in [6.07, 6.45) is 0. The van der Waals surface area contributed by atoms with Crippen molar-refractivity contribution >= 4 is 32.5 Å². The summed E-state index contributed by atoms with van der Waals surface area (Å²) in [6, 6.07) is 20.3. The summed E-state index contributed by atoms with van der Waals surface area (Å²) in [5.41, 5.74) is 3.52. The number of carbonyl (C=O) groups is 1. The van der Waals surface area contributed by atoms with Gasteiger partial charge in [0, 0.05) is 5.56 Å². The van der Waals surface area contributed by atoms with Crippen LogP contribution in [0.2, 0.25) is 0 Å². The summed E-state index contributed by atoms with van der Waals surface area (Å²) < 4.78 is 30.3. The number of ketones is 1. The predicted molar refractivity (Wildman–Crippen MR) is 141 cm³/mol. The molecule has 36 heavy (non-hydrogen) atoms. The van der Waals surface area contributed by atoms with Crippen LogP contribution in [0.4, 0.5) is 5.69 Å². The van der Waals surface area contributed by atoms with Crippen LogP contribution in [0.25, 0.3) is 11.0 Å². The van der Waals surface area contributed by atoms with Gasteiger partial charge in [-0.25, -0.2) is 8.42 Å². The Bertz CT molecular complexity index is 1590. The van der Waals surface area contributed by atoms with Crippen molar-refractivity contribution < 1.29 is 18.3 Å². The number of hydrogen-bond donors (Lipinski definition) is 3. The fourth-order valence-corrected chi connectivity index (χ4v) is 4.83. The SMILES string of the molecule is CCS(=O)(=O)Nc1cc(C(=O)Cn2c(=N)n(Cc3ccccc3)c3ccccc32)cc(C(C)C)c1O. The van der Waals surface area contributed by atoms with Gasteiger partial charge in [-0.3, -0.25) is 14.9 Å². The van der Waals surface area contributed by atoms with Crippen LogP contribution < -0.4 is 10.3 Å². The van der Waals surface area contributed by atoms with Gasteiger partial charge in [0.25, 0.3) is 0 Å². The Hall–Kier alpha value is -3.85. The van der Waals surface area contributed by atoms with Crippen molar-refractivity contribution in [2.75, 3.05) is 10.5 Å². The molecule has 0 unspecified atom stereocenters. The monoisotopic (exact) mass is 506 g/mol. The van der Waals surface area contributed by atoms with Crippen molar-refractivity contribution in [2.24, 2.45) is 0 Å². The van der Waals surface area contributed by atoms with E-state index in [2.05, 4.69) is 4.72 Å². The summed E-state index contributed by atoms with van der Waals surface area (Å²) in [6.45, 7) is 5.59. The molecule has 0 radical (unpaired) electrons. The lowest BCUT2D eigenvalue weighted by Gasteiger charge is -2.16. The van der Waals surface area contributed by atoms with Crippen LogP contribution in [0, 0.1) is 5.41 Å². The summed E-state index contributed by atoms with van der Waals surface area (Å²) >= 11 is 0. The number of aromatic nitrogens is 2. The van der Waals surface area contributed by atoms with Crippen molar-refractivity contribution in [3.8, 4) is 5.75 Å². The van der Waals surface area contributed by atoms with Crippen LogP contribution in [0.3, 0.4) is 0 Å². The third-order valence-corrected chi connectivity index (χ3v) is 7.48. The van der Waals surface area contributed by atoms with Gasteiger partial charge < -0.3 is 14.2 Å². The molecule has 8 nitrogen and oxygen atoms in total. The van der Waals surface area contributed by atoms with Crippen LogP contribution in [0.15, 0.2) is 66.7 Å². The second-order valence-electron chi connectivity index (χ2n) is 9.02. The number of nitrogens with zero attached hydrogens (tertiary/aromatic N) is 2. The minimum Gasteiger partial charge on any atom is -0.505 e. The minimum atomic E-state index is -3.66. The quantitative estimate of drug-likeness (QED) is 0.230. The third kappa shape index (κ3) is 5.06. The molecule has 4 aromatic rings. The first kappa shape index (κ1) is 25.2. The van der Waals surface area contributed by atoms with Gasteiger partial charge in [0.2, 0.25) is 15.6 Å². The molecule has 4 rings (SSSR count). The molecule has 3 N–H and O–H groups in total. The molecular weight excluding hydrogens is 476 g/mol. The van der Waals surface area contributed by atoms with Gasteiger partial charge in [-0.15, -0.1) is 0 Å². The highest BCUT2D eigenvalue weighted by Crippen LogP contribution is 2.35. The van der Waals surface area contributed by atoms with E-state index in [0.717, 1.165) is 16.6 Å². The zero-order chi connectivity index (χ0) is 26.0. The second kappa shape index (κ2) is 10.0. The standard InChI is InChI=1S/C27H30N4O4S/c1-4-36(34,35)29-22-15-20(14-21(18(2)3)26(22)33)25(32)17-31-24-13-9-8-12-23(24)30(27(31)28)16-19-10-6-5-7-11-19/h5-15,18,28-29,33H,4,16-17H2,1-3H3. The molecule has 0 fully saturated rings. The van der Waals surface area contributed by atoms with Crippen LogP contribution in [-0.4, -0.2) is 34.2 Å². The predicted octanol–water partition coefficient (Wildman–Crippen LogP) is 4.44. The molecule has 1 aromatic heterocycles. The summed E-state index contributed by atoms with van der Waals surface area (Å²) in [5.74, 6) is -0.794.